The summed E-state index contributed by atoms with van der Waals surface area (Å²) in [4.78, 5) is 4.38. The van der Waals surface area contributed by atoms with Gasteiger partial charge in [0.1, 0.15) is 6.10 Å². The molecule has 122 valence electrons. The van der Waals surface area contributed by atoms with E-state index in [2.05, 4.69) is 4.98 Å². The van der Waals surface area contributed by atoms with Crippen molar-refractivity contribution in [3.8, 4) is 5.88 Å². The maximum Gasteiger partial charge on any atom is 0.243 e. The van der Waals surface area contributed by atoms with Crippen LogP contribution in [-0.2, 0) is 10.0 Å². The highest BCUT2D eigenvalue weighted by Gasteiger charge is 2.31. The first-order valence-corrected chi connectivity index (χ1v) is 8.93. The first-order valence-electron chi connectivity index (χ1n) is 7.49. The van der Waals surface area contributed by atoms with Gasteiger partial charge in [0, 0.05) is 24.5 Å². The van der Waals surface area contributed by atoms with Gasteiger partial charge in [-0.1, -0.05) is 6.07 Å². The number of benzene rings is 1. The zero-order valence-electron chi connectivity index (χ0n) is 12.6. The average Bonchev–Trinajstić information content (AvgIpc) is 2.56. The summed E-state index contributed by atoms with van der Waals surface area (Å²) in [5, 5.41) is 0. The van der Waals surface area contributed by atoms with Crippen LogP contribution >= 0.6 is 0 Å². The van der Waals surface area contributed by atoms with Gasteiger partial charge < -0.3 is 10.5 Å². The number of nitrogen functional groups attached to an aromatic ring is 1. The molecule has 3 rings (SSSR count). The van der Waals surface area contributed by atoms with E-state index >= 15 is 0 Å². The summed E-state index contributed by atoms with van der Waals surface area (Å²) >= 11 is 0. The number of hydrogen-bond donors (Lipinski definition) is 1. The van der Waals surface area contributed by atoms with Crippen LogP contribution in [0.15, 0.2) is 53.6 Å². The van der Waals surface area contributed by atoms with E-state index in [1.54, 1.807) is 24.4 Å². The van der Waals surface area contributed by atoms with Crippen LogP contribution < -0.4 is 10.5 Å². The highest BCUT2D eigenvalue weighted by atomic mass is 32.2. The van der Waals surface area contributed by atoms with E-state index in [1.807, 2.05) is 12.1 Å². The second-order valence-corrected chi connectivity index (χ2v) is 7.42. The Morgan fingerprint density at radius 3 is 2.65 bits per heavy atom. The third-order valence-corrected chi connectivity index (χ3v) is 5.66. The second-order valence-electron chi connectivity index (χ2n) is 5.48. The fraction of sp³-hybridized carbons (Fsp3) is 0.312. The number of rotatable bonds is 4. The van der Waals surface area contributed by atoms with Crippen molar-refractivity contribution in [3.05, 3.63) is 48.7 Å². The van der Waals surface area contributed by atoms with Crippen molar-refractivity contribution in [1.29, 1.82) is 0 Å². The molecule has 0 saturated carbocycles. The Balaban J connectivity index is 1.74. The first-order chi connectivity index (χ1) is 11.1. The molecule has 7 heteroatoms. The monoisotopic (exact) mass is 333 g/mol. The van der Waals surface area contributed by atoms with Gasteiger partial charge in [-0.25, -0.2) is 13.4 Å². The van der Waals surface area contributed by atoms with Gasteiger partial charge in [-0.3, -0.25) is 0 Å². The van der Waals surface area contributed by atoms with Gasteiger partial charge in [0.05, 0.1) is 11.4 Å². The van der Waals surface area contributed by atoms with Crippen LogP contribution in [0.2, 0.25) is 0 Å². The number of piperidine rings is 1. The molecule has 1 aliphatic heterocycles. The third kappa shape index (κ3) is 3.62. The second kappa shape index (κ2) is 6.55. The van der Waals surface area contributed by atoms with E-state index in [-0.39, 0.29) is 11.0 Å². The van der Waals surface area contributed by atoms with Crippen molar-refractivity contribution in [1.82, 2.24) is 9.29 Å². The lowest BCUT2D eigenvalue weighted by Crippen LogP contribution is -2.44. The molecule has 1 saturated heterocycles. The lowest BCUT2D eigenvalue weighted by Gasteiger charge is -2.31. The number of anilines is 1. The van der Waals surface area contributed by atoms with Crippen LogP contribution in [0.5, 0.6) is 5.88 Å². The zero-order valence-corrected chi connectivity index (χ0v) is 13.4. The SMILES string of the molecule is Nc1ccc(S(=O)(=O)N2CCCC(Oc3ccccn3)C2)cc1. The molecule has 1 unspecified atom stereocenters. The Morgan fingerprint density at radius 2 is 1.96 bits per heavy atom. The molecule has 0 aliphatic carbocycles. The Morgan fingerprint density at radius 1 is 1.17 bits per heavy atom. The van der Waals surface area contributed by atoms with Gasteiger partial charge >= 0.3 is 0 Å². The minimum atomic E-state index is -3.53. The standard InChI is InChI=1S/C16H19N3O3S/c17-13-6-8-15(9-7-13)23(20,21)19-11-3-4-14(12-19)22-16-5-1-2-10-18-16/h1-2,5-10,14H,3-4,11-12,17H2. The molecule has 1 aromatic heterocycles. The fourth-order valence-corrected chi connectivity index (χ4v) is 4.11. The van der Waals surface area contributed by atoms with Crippen molar-refractivity contribution in [2.24, 2.45) is 0 Å². The predicted molar refractivity (Wildman–Crippen MR) is 87.5 cm³/mol. The van der Waals surface area contributed by atoms with Crippen molar-refractivity contribution >= 4 is 15.7 Å². The summed E-state index contributed by atoms with van der Waals surface area (Å²) in [7, 11) is -3.53. The summed E-state index contributed by atoms with van der Waals surface area (Å²) in [6, 6.07) is 11.7. The summed E-state index contributed by atoms with van der Waals surface area (Å²) in [5.41, 5.74) is 6.16. The molecule has 2 N–H and O–H groups in total. The lowest BCUT2D eigenvalue weighted by atomic mass is 10.1. The number of pyridine rings is 1. The smallest absolute Gasteiger partial charge is 0.243 e. The summed E-state index contributed by atoms with van der Waals surface area (Å²) < 4.78 is 32.7. The Hall–Kier alpha value is -2.12. The topological polar surface area (TPSA) is 85.5 Å². The first kappa shape index (κ1) is 15.8. The Kier molecular flexibility index (Phi) is 4.49. The van der Waals surface area contributed by atoms with Gasteiger partial charge in [-0.15, -0.1) is 0 Å². The Labute approximate surface area is 136 Å². The minimum Gasteiger partial charge on any atom is -0.473 e. The maximum atomic E-state index is 12.7. The van der Waals surface area contributed by atoms with Crippen molar-refractivity contribution in [3.63, 3.8) is 0 Å². The molecule has 0 bridgehead atoms. The van der Waals surface area contributed by atoms with Crippen LogP contribution in [0.3, 0.4) is 0 Å². The number of nitrogens with zero attached hydrogens (tertiary/aromatic N) is 2. The average molecular weight is 333 g/mol. The van der Waals surface area contributed by atoms with E-state index in [9.17, 15) is 8.42 Å². The summed E-state index contributed by atoms with van der Waals surface area (Å²) in [6.45, 7) is 0.818. The molecule has 1 atom stereocenters. The van der Waals surface area contributed by atoms with Crippen LogP contribution in [0.1, 0.15) is 12.8 Å². The molecule has 23 heavy (non-hydrogen) atoms. The quantitative estimate of drug-likeness (QED) is 0.864. The van der Waals surface area contributed by atoms with Crippen LogP contribution in [0, 0.1) is 0 Å². The number of hydrogen-bond acceptors (Lipinski definition) is 5. The highest BCUT2D eigenvalue weighted by Crippen LogP contribution is 2.23. The number of nitrogens with two attached hydrogens (primary N) is 1. The van der Waals surface area contributed by atoms with E-state index in [0.717, 1.165) is 12.8 Å². The fourth-order valence-electron chi connectivity index (χ4n) is 2.60. The molecule has 0 amide bonds. The summed E-state index contributed by atoms with van der Waals surface area (Å²) in [6.07, 6.45) is 3.03. The minimum absolute atomic E-state index is 0.192. The molecule has 6 nitrogen and oxygen atoms in total. The van der Waals surface area contributed by atoms with E-state index < -0.39 is 10.0 Å². The van der Waals surface area contributed by atoms with Gasteiger partial charge in [0.2, 0.25) is 15.9 Å². The van der Waals surface area contributed by atoms with Crippen LogP contribution in [0.25, 0.3) is 0 Å². The van der Waals surface area contributed by atoms with Crippen LogP contribution in [0.4, 0.5) is 5.69 Å². The molecular weight excluding hydrogens is 314 g/mol. The third-order valence-electron chi connectivity index (χ3n) is 3.78. The van der Waals surface area contributed by atoms with E-state index in [0.29, 0.717) is 24.7 Å². The van der Waals surface area contributed by atoms with Crippen molar-refractivity contribution in [2.75, 3.05) is 18.8 Å². The molecular formula is C16H19N3O3S. The largest absolute Gasteiger partial charge is 0.473 e. The molecule has 1 aliphatic rings. The van der Waals surface area contributed by atoms with Crippen LogP contribution in [-0.4, -0.2) is 36.9 Å². The molecule has 1 aromatic carbocycles. The van der Waals surface area contributed by atoms with Gasteiger partial charge in [0.25, 0.3) is 0 Å². The maximum absolute atomic E-state index is 12.7. The normalized spacial score (nSPS) is 19.4. The van der Waals surface area contributed by atoms with Gasteiger partial charge in [0.15, 0.2) is 0 Å². The molecule has 0 radical (unpaired) electrons. The lowest BCUT2D eigenvalue weighted by molar-refractivity contribution is 0.124. The van der Waals surface area contributed by atoms with Gasteiger partial charge in [-0.2, -0.15) is 4.31 Å². The molecule has 1 fully saturated rings. The number of sulfonamides is 1. The molecule has 2 heterocycles. The number of aromatic nitrogens is 1. The zero-order chi connectivity index (χ0) is 16.3. The van der Waals surface area contributed by atoms with Gasteiger partial charge in [-0.05, 0) is 43.2 Å². The highest BCUT2D eigenvalue weighted by molar-refractivity contribution is 7.89. The Bertz CT molecular complexity index is 748. The predicted octanol–water partition coefficient (Wildman–Crippen LogP) is 1.90. The molecule has 0 spiro atoms. The van der Waals surface area contributed by atoms with E-state index in [4.69, 9.17) is 10.5 Å². The van der Waals surface area contributed by atoms with E-state index in [1.165, 1.54) is 16.4 Å². The molecule has 2 aromatic rings. The van der Waals surface area contributed by atoms with Crippen molar-refractivity contribution in [2.45, 2.75) is 23.8 Å². The summed E-state index contributed by atoms with van der Waals surface area (Å²) in [5.74, 6) is 0.518. The number of ether oxygens (including phenoxy) is 1. The van der Waals surface area contributed by atoms with Crippen molar-refractivity contribution < 1.29 is 13.2 Å².